The Morgan fingerprint density at radius 2 is 2.33 bits per heavy atom. The maximum atomic E-state index is 12.9. The number of nitrogens with zero attached hydrogens (tertiary/aromatic N) is 2. The highest BCUT2D eigenvalue weighted by atomic mass is 19.1. The predicted molar refractivity (Wildman–Crippen MR) is 67.9 cm³/mol. The van der Waals surface area contributed by atoms with Crippen LogP contribution in [0.15, 0.2) is 36.7 Å². The average Bonchev–Trinajstić information content (AvgIpc) is 2.80. The van der Waals surface area contributed by atoms with Crippen molar-refractivity contribution in [2.45, 2.75) is 19.6 Å². The van der Waals surface area contributed by atoms with Gasteiger partial charge < -0.3 is 10.4 Å². The summed E-state index contributed by atoms with van der Waals surface area (Å²) < 4.78 is 14.6. The van der Waals surface area contributed by atoms with E-state index >= 15 is 0 Å². The van der Waals surface area contributed by atoms with E-state index in [0.29, 0.717) is 13.1 Å². The average molecular weight is 249 g/mol. The van der Waals surface area contributed by atoms with Crippen LogP contribution in [0, 0.1) is 12.7 Å². The Morgan fingerprint density at radius 1 is 1.50 bits per heavy atom. The molecular formula is C13H16FN3O. The predicted octanol–water partition coefficient (Wildman–Crippen LogP) is 1.80. The summed E-state index contributed by atoms with van der Waals surface area (Å²) in [6.45, 7) is 2.65. The van der Waals surface area contributed by atoms with Gasteiger partial charge in [0.2, 0.25) is 0 Å². The summed E-state index contributed by atoms with van der Waals surface area (Å²) >= 11 is 0. The number of aliphatic hydroxyl groups is 1. The maximum absolute atomic E-state index is 12.9. The second kappa shape index (κ2) is 5.64. The number of halogens is 1. The van der Waals surface area contributed by atoms with Crippen molar-refractivity contribution in [2.24, 2.45) is 0 Å². The molecule has 2 aromatic rings. The van der Waals surface area contributed by atoms with E-state index in [9.17, 15) is 9.50 Å². The van der Waals surface area contributed by atoms with Crippen LogP contribution in [-0.4, -0.2) is 27.5 Å². The van der Waals surface area contributed by atoms with E-state index in [1.807, 2.05) is 13.0 Å². The molecule has 0 spiro atoms. The van der Waals surface area contributed by atoms with Crippen molar-refractivity contribution in [2.75, 3.05) is 11.9 Å². The number of aliphatic hydroxyl groups excluding tert-OH is 1. The normalized spacial score (nSPS) is 12.4. The molecule has 0 fully saturated rings. The largest absolute Gasteiger partial charge is 0.389 e. The van der Waals surface area contributed by atoms with Crippen LogP contribution >= 0.6 is 0 Å². The van der Waals surface area contributed by atoms with E-state index in [4.69, 9.17) is 0 Å². The molecule has 1 unspecified atom stereocenters. The van der Waals surface area contributed by atoms with E-state index in [1.165, 1.54) is 12.1 Å². The molecule has 2 N–H and O–H groups in total. The molecule has 0 aliphatic heterocycles. The lowest BCUT2D eigenvalue weighted by atomic mass is 10.2. The van der Waals surface area contributed by atoms with Crippen molar-refractivity contribution in [3.63, 3.8) is 0 Å². The number of hydrogen-bond donors (Lipinski definition) is 2. The van der Waals surface area contributed by atoms with Crippen LogP contribution in [0.2, 0.25) is 0 Å². The van der Waals surface area contributed by atoms with Crippen LogP contribution in [0.3, 0.4) is 0 Å². The van der Waals surface area contributed by atoms with Gasteiger partial charge in [0.15, 0.2) is 0 Å². The first-order valence-corrected chi connectivity index (χ1v) is 5.80. The monoisotopic (exact) mass is 249 g/mol. The summed E-state index contributed by atoms with van der Waals surface area (Å²) in [6.07, 6.45) is 2.92. The summed E-state index contributed by atoms with van der Waals surface area (Å²) in [7, 11) is 0. The molecule has 4 nitrogen and oxygen atoms in total. The number of aryl methyl sites for hydroxylation is 1. The first-order valence-electron chi connectivity index (χ1n) is 5.80. The van der Waals surface area contributed by atoms with Gasteiger partial charge in [0.25, 0.3) is 0 Å². The molecule has 18 heavy (non-hydrogen) atoms. The molecule has 1 aromatic carbocycles. The van der Waals surface area contributed by atoms with Crippen molar-refractivity contribution in [3.05, 3.63) is 48.0 Å². The van der Waals surface area contributed by atoms with E-state index in [0.717, 1.165) is 11.3 Å². The van der Waals surface area contributed by atoms with E-state index < -0.39 is 6.10 Å². The molecule has 1 heterocycles. The van der Waals surface area contributed by atoms with E-state index in [2.05, 4.69) is 10.4 Å². The third-order valence-corrected chi connectivity index (χ3v) is 2.67. The van der Waals surface area contributed by atoms with Gasteiger partial charge in [-0.2, -0.15) is 5.10 Å². The molecule has 96 valence electrons. The van der Waals surface area contributed by atoms with Crippen molar-refractivity contribution in [1.82, 2.24) is 9.78 Å². The van der Waals surface area contributed by atoms with Gasteiger partial charge in [0.05, 0.1) is 12.6 Å². The Balaban J connectivity index is 1.87. The molecule has 0 aliphatic carbocycles. The highest BCUT2D eigenvalue weighted by Gasteiger charge is 2.06. The SMILES string of the molecule is Cc1cc(F)ccc1NCC(O)Cn1cccn1. The fraction of sp³-hybridized carbons (Fsp3) is 0.308. The zero-order chi connectivity index (χ0) is 13.0. The summed E-state index contributed by atoms with van der Waals surface area (Å²) in [6, 6.07) is 6.34. The van der Waals surface area contributed by atoms with Gasteiger partial charge in [-0.1, -0.05) is 0 Å². The second-order valence-corrected chi connectivity index (χ2v) is 4.22. The summed E-state index contributed by atoms with van der Waals surface area (Å²) in [4.78, 5) is 0. The number of nitrogens with one attached hydrogen (secondary N) is 1. The Morgan fingerprint density at radius 3 is 3.00 bits per heavy atom. The van der Waals surface area contributed by atoms with Crippen molar-refractivity contribution in [3.8, 4) is 0 Å². The molecule has 0 aliphatic rings. The number of anilines is 1. The summed E-state index contributed by atoms with van der Waals surface area (Å²) in [5, 5.41) is 16.9. The number of hydrogen-bond acceptors (Lipinski definition) is 3. The zero-order valence-electron chi connectivity index (χ0n) is 10.2. The van der Waals surface area contributed by atoms with Crippen LogP contribution in [0.5, 0.6) is 0 Å². The Hall–Kier alpha value is -1.88. The topological polar surface area (TPSA) is 50.1 Å². The molecule has 0 saturated carbocycles. The van der Waals surface area contributed by atoms with Crippen LogP contribution in [0.4, 0.5) is 10.1 Å². The Kier molecular flexibility index (Phi) is 3.94. The van der Waals surface area contributed by atoms with Gasteiger partial charge in [-0.25, -0.2) is 4.39 Å². The van der Waals surface area contributed by atoms with Gasteiger partial charge in [-0.15, -0.1) is 0 Å². The number of rotatable bonds is 5. The quantitative estimate of drug-likeness (QED) is 0.849. The number of aromatic nitrogens is 2. The molecule has 0 radical (unpaired) electrons. The fourth-order valence-electron chi connectivity index (χ4n) is 1.74. The summed E-state index contributed by atoms with van der Waals surface area (Å²) in [5.41, 5.74) is 1.65. The minimum Gasteiger partial charge on any atom is -0.389 e. The summed E-state index contributed by atoms with van der Waals surface area (Å²) in [5.74, 6) is -0.255. The minimum absolute atomic E-state index is 0.255. The maximum Gasteiger partial charge on any atom is 0.123 e. The van der Waals surface area contributed by atoms with Gasteiger partial charge in [0.1, 0.15) is 5.82 Å². The smallest absolute Gasteiger partial charge is 0.123 e. The first kappa shape index (κ1) is 12.6. The molecule has 1 aromatic heterocycles. The first-order chi connectivity index (χ1) is 8.65. The molecule has 0 amide bonds. The van der Waals surface area contributed by atoms with Crippen LogP contribution < -0.4 is 5.32 Å². The lowest BCUT2D eigenvalue weighted by Gasteiger charge is -2.14. The third kappa shape index (κ3) is 3.30. The molecule has 5 heteroatoms. The van der Waals surface area contributed by atoms with E-state index in [-0.39, 0.29) is 5.82 Å². The second-order valence-electron chi connectivity index (χ2n) is 4.22. The van der Waals surface area contributed by atoms with Crippen LogP contribution in [-0.2, 0) is 6.54 Å². The third-order valence-electron chi connectivity index (χ3n) is 2.67. The van der Waals surface area contributed by atoms with Gasteiger partial charge >= 0.3 is 0 Å². The molecule has 0 saturated heterocycles. The minimum atomic E-state index is -0.547. The highest BCUT2D eigenvalue weighted by Crippen LogP contribution is 2.15. The Bertz CT molecular complexity index is 499. The lowest BCUT2D eigenvalue weighted by Crippen LogP contribution is -2.25. The van der Waals surface area contributed by atoms with Crippen molar-refractivity contribution < 1.29 is 9.50 Å². The lowest BCUT2D eigenvalue weighted by molar-refractivity contribution is 0.161. The van der Waals surface area contributed by atoms with Crippen LogP contribution in [0.1, 0.15) is 5.56 Å². The molecular weight excluding hydrogens is 233 g/mol. The standard InChI is InChI=1S/C13H16FN3O/c1-10-7-11(14)3-4-13(10)15-8-12(18)9-17-6-2-5-16-17/h2-7,12,15,18H,8-9H2,1H3. The van der Waals surface area contributed by atoms with Gasteiger partial charge in [-0.3, -0.25) is 4.68 Å². The van der Waals surface area contributed by atoms with E-state index in [1.54, 1.807) is 23.1 Å². The molecule has 1 atom stereocenters. The number of benzene rings is 1. The van der Waals surface area contributed by atoms with Crippen LogP contribution in [0.25, 0.3) is 0 Å². The molecule has 0 bridgehead atoms. The highest BCUT2D eigenvalue weighted by molar-refractivity contribution is 5.50. The zero-order valence-corrected chi connectivity index (χ0v) is 10.2. The van der Waals surface area contributed by atoms with Crippen molar-refractivity contribution >= 4 is 5.69 Å². The molecule has 2 rings (SSSR count). The Labute approximate surface area is 105 Å². The fourth-order valence-corrected chi connectivity index (χ4v) is 1.74. The van der Waals surface area contributed by atoms with Gasteiger partial charge in [-0.05, 0) is 36.8 Å². The van der Waals surface area contributed by atoms with Crippen molar-refractivity contribution in [1.29, 1.82) is 0 Å². The van der Waals surface area contributed by atoms with Gasteiger partial charge in [0, 0.05) is 24.6 Å².